The molecule has 5 N–H and O–H groups in total. The van der Waals surface area contributed by atoms with Crippen molar-refractivity contribution in [3.05, 3.63) is 89.7 Å². The molecule has 0 unspecified atom stereocenters. The van der Waals surface area contributed by atoms with E-state index in [4.69, 9.17) is 33.2 Å². The smallest absolute Gasteiger partial charge is 0.317 e. The summed E-state index contributed by atoms with van der Waals surface area (Å²) in [5.74, 6) is -1.62. The van der Waals surface area contributed by atoms with E-state index >= 15 is 0 Å². The van der Waals surface area contributed by atoms with E-state index < -0.39 is 29.7 Å². The predicted molar refractivity (Wildman–Crippen MR) is 261 cm³/mol. The molecule has 6 bridgehead atoms. The Labute approximate surface area is 422 Å². The lowest BCUT2D eigenvalue weighted by atomic mass is 10.1. The average molecular weight is 1020 g/mol. The summed E-state index contributed by atoms with van der Waals surface area (Å²) in [6.45, 7) is 5.65. The zero-order valence-corrected chi connectivity index (χ0v) is 40.8. The second-order valence-electron chi connectivity index (χ2n) is 16.9. The van der Waals surface area contributed by atoms with Crippen molar-refractivity contribution in [2.75, 3.05) is 151 Å². The standard InChI is InChI=1S/C49H65N9O15/c59-45(60)34-55-13-11-54(12-14-56(35-46(61)62)16-18-57(17-15-55)36-47(63)64)32-39-33-58(53-52-39)40-30-37-29-38(31-40)49(66)51-10-20-71-42-3-7-44(8-4-42)73-28-26-69-24-22-67-21-23-68-25-27-72-43-5-1-41(2-6-43)70-19-9-50-48(37)65/h1-8,29-31,33H,9-28,32,34-36H2,(H,50,65)(H,51,66)(H,59,60)(H,61,62)(H,63,64). The summed E-state index contributed by atoms with van der Waals surface area (Å²) < 4.78 is 41.4. The Morgan fingerprint density at radius 1 is 0.479 bits per heavy atom. The number of nitrogens with one attached hydrogen (secondary N) is 2. The van der Waals surface area contributed by atoms with Crippen molar-refractivity contribution in [1.82, 2.24) is 45.2 Å². The zero-order valence-electron chi connectivity index (χ0n) is 40.8. The lowest BCUT2D eigenvalue weighted by Gasteiger charge is -2.32. The summed E-state index contributed by atoms with van der Waals surface area (Å²) in [7, 11) is 0. The molecule has 396 valence electrons. The number of benzene rings is 3. The molecule has 73 heavy (non-hydrogen) atoms. The summed E-state index contributed by atoms with van der Waals surface area (Å²) in [4.78, 5) is 69.8. The van der Waals surface area contributed by atoms with Crippen LogP contribution >= 0.6 is 0 Å². The third-order valence-corrected chi connectivity index (χ3v) is 11.3. The number of aliphatic carboxylic acids is 3. The van der Waals surface area contributed by atoms with E-state index in [1.807, 2.05) is 4.90 Å². The molecule has 0 spiro atoms. The van der Waals surface area contributed by atoms with Crippen LogP contribution in [0.3, 0.4) is 0 Å². The van der Waals surface area contributed by atoms with E-state index in [0.717, 1.165) is 0 Å². The largest absolute Gasteiger partial charge is 0.492 e. The molecular formula is C49H65N9O15. The van der Waals surface area contributed by atoms with Crippen molar-refractivity contribution < 1.29 is 72.5 Å². The zero-order chi connectivity index (χ0) is 51.6. The molecule has 24 nitrogen and oxygen atoms in total. The maximum atomic E-state index is 13.7. The van der Waals surface area contributed by atoms with Gasteiger partial charge in [0.2, 0.25) is 0 Å². The van der Waals surface area contributed by atoms with Gasteiger partial charge in [-0.05, 0) is 66.7 Å². The fourth-order valence-corrected chi connectivity index (χ4v) is 7.63. The van der Waals surface area contributed by atoms with Gasteiger partial charge in [0, 0.05) is 70.0 Å². The van der Waals surface area contributed by atoms with E-state index in [1.165, 1.54) is 10.7 Å². The number of nitrogens with zero attached hydrogens (tertiary/aromatic N) is 7. The van der Waals surface area contributed by atoms with Gasteiger partial charge >= 0.3 is 17.9 Å². The lowest BCUT2D eigenvalue weighted by molar-refractivity contribution is -0.140. The lowest BCUT2D eigenvalue weighted by Crippen LogP contribution is -2.48. The number of hydrogen-bond acceptors (Lipinski definition) is 18. The molecule has 24 heteroatoms. The SMILES string of the molecule is O=C(O)CN1CCN(CC(=O)O)CCN(Cc2cn(-c3cc4cc(c3)C(=O)NCCOc3ccc(cc3)OCCOCCOCCOCCOc3ccc(cc3)OCCNC4=O)nn2)CCN(CC(=O)O)CC1. The highest BCUT2D eigenvalue weighted by Crippen LogP contribution is 2.20. The third-order valence-electron chi connectivity index (χ3n) is 11.3. The molecule has 6 heterocycles. The highest BCUT2D eigenvalue weighted by Gasteiger charge is 2.22. The number of ether oxygens (including phenoxy) is 7. The second kappa shape index (κ2) is 30.2. The molecule has 1 saturated heterocycles. The summed E-state index contributed by atoms with van der Waals surface area (Å²) in [5.41, 5.74) is 1.21. The highest BCUT2D eigenvalue weighted by atomic mass is 16.6. The first-order chi connectivity index (χ1) is 35.4. The van der Waals surface area contributed by atoms with E-state index in [2.05, 4.69) is 20.9 Å². The fourth-order valence-electron chi connectivity index (χ4n) is 7.63. The Balaban J connectivity index is 1.15. The van der Waals surface area contributed by atoms with Crippen LogP contribution in [0.4, 0.5) is 0 Å². The Morgan fingerprint density at radius 3 is 1.19 bits per heavy atom. The Kier molecular flexibility index (Phi) is 22.9. The molecule has 0 aliphatic carbocycles. The maximum Gasteiger partial charge on any atom is 0.317 e. The number of carbonyl (C=O) groups excluding carboxylic acids is 2. The molecule has 0 saturated carbocycles. The van der Waals surface area contributed by atoms with Crippen LogP contribution in [0.1, 0.15) is 26.4 Å². The molecule has 0 radical (unpaired) electrons. The third kappa shape index (κ3) is 20.6. The van der Waals surface area contributed by atoms with Gasteiger partial charge in [-0.15, -0.1) is 5.10 Å². The number of aromatic nitrogens is 3. The number of carboxylic acid groups (broad SMARTS) is 3. The van der Waals surface area contributed by atoms with Crippen LogP contribution in [0, 0.1) is 0 Å². The quantitative estimate of drug-likeness (QED) is 0.154. The predicted octanol–water partition coefficient (Wildman–Crippen LogP) is 0.681. The second-order valence-corrected chi connectivity index (χ2v) is 16.9. The molecule has 9 rings (SSSR count). The first-order valence-corrected chi connectivity index (χ1v) is 24.1. The molecular weight excluding hydrogens is 955 g/mol. The monoisotopic (exact) mass is 1020 g/mol. The van der Waals surface area contributed by atoms with Crippen molar-refractivity contribution in [2.24, 2.45) is 0 Å². The van der Waals surface area contributed by atoms with Gasteiger partial charge in [0.05, 0.1) is 89.9 Å². The van der Waals surface area contributed by atoms with Crippen molar-refractivity contribution in [2.45, 2.75) is 6.54 Å². The summed E-state index contributed by atoms with van der Waals surface area (Å²) >= 11 is 0. The Hall–Kier alpha value is -6.93. The van der Waals surface area contributed by atoms with Crippen molar-refractivity contribution >= 4 is 29.7 Å². The van der Waals surface area contributed by atoms with E-state index in [9.17, 15) is 39.3 Å². The highest BCUT2D eigenvalue weighted by molar-refractivity contribution is 6.00. The number of amides is 2. The van der Waals surface area contributed by atoms with Gasteiger partial charge in [0.1, 0.15) is 49.4 Å². The molecule has 1 aromatic heterocycles. The van der Waals surface area contributed by atoms with Gasteiger partial charge in [-0.3, -0.25) is 43.6 Å². The molecule has 4 aromatic rings. The van der Waals surface area contributed by atoms with Gasteiger partial charge < -0.3 is 59.1 Å². The molecule has 3 aromatic carbocycles. The fraction of sp³-hybridized carbons (Fsp3) is 0.490. The van der Waals surface area contributed by atoms with Gasteiger partial charge in [0.25, 0.3) is 11.8 Å². The van der Waals surface area contributed by atoms with Crippen molar-refractivity contribution in [3.8, 4) is 28.7 Å². The minimum Gasteiger partial charge on any atom is -0.492 e. The van der Waals surface area contributed by atoms with Crippen LogP contribution < -0.4 is 29.6 Å². The molecule has 5 aliphatic heterocycles. The molecule has 0 atom stereocenters. The molecule has 5 aliphatic rings. The topological polar surface area (TPSA) is 278 Å². The van der Waals surface area contributed by atoms with Gasteiger partial charge in [-0.1, -0.05) is 5.21 Å². The van der Waals surface area contributed by atoms with E-state index in [1.54, 1.807) is 81.6 Å². The van der Waals surface area contributed by atoms with Gasteiger partial charge in [-0.2, -0.15) is 0 Å². The van der Waals surface area contributed by atoms with Crippen molar-refractivity contribution in [3.63, 3.8) is 0 Å². The van der Waals surface area contributed by atoms with E-state index in [-0.39, 0.29) is 89.8 Å². The Bertz CT molecular complexity index is 2230. The normalized spacial score (nSPS) is 18.2. The van der Waals surface area contributed by atoms with E-state index in [0.29, 0.717) is 113 Å². The minimum atomic E-state index is -1.04. The number of hydrogen-bond donors (Lipinski definition) is 5. The van der Waals surface area contributed by atoms with Crippen LogP contribution in [-0.4, -0.2) is 231 Å². The van der Waals surface area contributed by atoms with Gasteiger partial charge in [0.15, 0.2) is 0 Å². The van der Waals surface area contributed by atoms with Crippen LogP contribution in [-0.2, 0) is 35.1 Å². The van der Waals surface area contributed by atoms with Crippen LogP contribution in [0.25, 0.3) is 5.69 Å². The first-order valence-electron chi connectivity index (χ1n) is 24.1. The maximum absolute atomic E-state index is 13.7. The number of rotatable bonds is 9. The first kappa shape index (κ1) is 55.4. The molecule has 2 amide bonds. The summed E-state index contributed by atoms with van der Waals surface area (Å²) in [5, 5.41) is 43.3. The van der Waals surface area contributed by atoms with Crippen LogP contribution in [0.15, 0.2) is 72.9 Å². The number of carboxylic acids is 3. The minimum absolute atomic E-state index is 0.138. The Morgan fingerprint density at radius 2 is 0.822 bits per heavy atom. The van der Waals surface area contributed by atoms with Crippen LogP contribution in [0.2, 0.25) is 0 Å². The molecule has 1 fully saturated rings. The van der Waals surface area contributed by atoms with Crippen LogP contribution in [0.5, 0.6) is 23.0 Å². The summed E-state index contributed by atoms with van der Waals surface area (Å²) in [6, 6.07) is 18.8. The average Bonchev–Trinajstić information content (AvgIpc) is 3.84. The summed E-state index contributed by atoms with van der Waals surface area (Å²) in [6.07, 6.45) is 1.66. The number of carbonyl (C=O) groups is 5. The van der Waals surface area contributed by atoms with Gasteiger partial charge in [-0.25, -0.2) is 4.68 Å². The van der Waals surface area contributed by atoms with Crippen molar-refractivity contribution in [1.29, 1.82) is 0 Å².